The summed E-state index contributed by atoms with van der Waals surface area (Å²) in [6, 6.07) is -0.975. The molecule has 0 spiro atoms. The number of aliphatic hydroxyl groups is 6. The summed E-state index contributed by atoms with van der Waals surface area (Å²) in [6.45, 7) is 5.92. The Morgan fingerprint density at radius 2 is 1.15 bits per heavy atom. The first-order valence-electron chi connectivity index (χ1n) is 22.9. The van der Waals surface area contributed by atoms with E-state index in [-0.39, 0.29) is 6.61 Å². The zero-order chi connectivity index (χ0) is 40.5. The van der Waals surface area contributed by atoms with Crippen molar-refractivity contribution in [2.75, 3.05) is 13.2 Å². The highest BCUT2D eigenvalue weighted by Gasteiger charge is 2.44. The van der Waals surface area contributed by atoms with Crippen molar-refractivity contribution in [1.82, 2.24) is 5.32 Å². The van der Waals surface area contributed by atoms with E-state index >= 15 is 0 Å². The number of allylic oxidation sites excluding steroid dienone is 1. The van der Waals surface area contributed by atoms with Gasteiger partial charge in [0.1, 0.15) is 30.5 Å². The average molecular weight is 786 g/mol. The molecule has 10 heteroatoms. The number of unbranched alkanes of at least 4 members (excludes halogenated alkanes) is 23. The van der Waals surface area contributed by atoms with Gasteiger partial charge in [-0.3, -0.25) is 4.79 Å². The largest absolute Gasteiger partial charge is 0.394 e. The molecular weight excluding hydrogens is 698 g/mol. The summed E-state index contributed by atoms with van der Waals surface area (Å²) in [5.74, 6) is 0.185. The molecule has 10 nitrogen and oxygen atoms in total. The van der Waals surface area contributed by atoms with E-state index in [4.69, 9.17) is 9.47 Å². The maximum atomic E-state index is 13.0. The molecule has 1 amide bonds. The van der Waals surface area contributed by atoms with Crippen LogP contribution >= 0.6 is 0 Å². The van der Waals surface area contributed by atoms with Crippen molar-refractivity contribution >= 4 is 5.91 Å². The summed E-state index contributed by atoms with van der Waals surface area (Å²) in [5.41, 5.74) is 0. The minimum Gasteiger partial charge on any atom is -0.394 e. The number of hydrogen-bond donors (Lipinski definition) is 7. The lowest BCUT2D eigenvalue weighted by molar-refractivity contribution is -0.302. The molecule has 0 aromatic carbocycles. The van der Waals surface area contributed by atoms with Crippen molar-refractivity contribution in [3.63, 3.8) is 0 Å². The second-order valence-electron chi connectivity index (χ2n) is 16.6. The minimum absolute atomic E-state index is 0.303. The number of carbonyl (C=O) groups is 1. The third-order valence-electron chi connectivity index (χ3n) is 11.5. The Bertz CT molecular complexity index is 906. The van der Waals surface area contributed by atoms with Crippen molar-refractivity contribution in [3.05, 3.63) is 12.2 Å². The topological polar surface area (TPSA) is 169 Å². The monoisotopic (exact) mass is 786 g/mol. The van der Waals surface area contributed by atoms with Gasteiger partial charge in [-0.1, -0.05) is 193 Å². The summed E-state index contributed by atoms with van der Waals surface area (Å²) in [6.07, 6.45) is 27.3. The molecule has 0 unspecified atom stereocenters. The van der Waals surface area contributed by atoms with Crippen LogP contribution < -0.4 is 5.32 Å². The third-order valence-corrected chi connectivity index (χ3v) is 11.5. The lowest BCUT2D eigenvalue weighted by atomic mass is 9.99. The fourth-order valence-corrected chi connectivity index (χ4v) is 7.31. The Kier molecular flexibility index (Phi) is 32.9. The maximum absolute atomic E-state index is 13.0. The van der Waals surface area contributed by atoms with Gasteiger partial charge in [0.25, 0.3) is 0 Å². The molecule has 1 saturated heterocycles. The predicted molar refractivity (Wildman–Crippen MR) is 223 cm³/mol. The lowest BCUT2D eigenvalue weighted by Crippen LogP contribution is -2.60. The normalized spacial score (nSPS) is 22.5. The minimum atomic E-state index is -1.61. The van der Waals surface area contributed by atoms with Crippen LogP contribution in [0, 0.1) is 5.92 Å². The van der Waals surface area contributed by atoms with Crippen LogP contribution in [0.2, 0.25) is 0 Å². The van der Waals surface area contributed by atoms with Crippen molar-refractivity contribution < 1.29 is 44.9 Å². The molecule has 0 aromatic rings. The van der Waals surface area contributed by atoms with Crippen LogP contribution in [0.25, 0.3) is 0 Å². The molecule has 7 N–H and O–H groups in total. The summed E-state index contributed by atoms with van der Waals surface area (Å²) < 4.78 is 11.1. The smallest absolute Gasteiger partial charge is 0.249 e. The molecule has 0 radical (unpaired) electrons. The van der Waals surface area contributed by atoms with Gasteiger partial charge < -0.3 is 45.4 Å². The zero-order valence-electron chi connectivity index (χ0n) is 35.5. The average Bonchev–Trinajstić information content (AvgIpc) is 3.18. The second-order valence-corrected chi connectivity index (χ2v) is 16.6. The fraction of sp³-hybridized carbons (Fsp3) is 0.933. The van der Waals surface area contributed by atoms with E-state index in [0.717, 1.165) is 50.9 Å². The Labute approximate surface area is 336 Å². The van der Waals surface area contributed by atoms with Gasteiger partial charge in [0.05, 0.1) is 25.4 Å². The Morgan fingerprint density at radius 3 is 1.64 bits per heavy atom. The fourth-order valence-electron chi connectivity index (χ4n) is 7.31. The molecule has 1 rings (SSSR count). The van der Waals surface area contributed by atoms with E-state index < -0.39 is 61.5 Å². The van der Waals surface area contributed by atoms with E-state index in [1.54, 1.807) is 6.08 Å². The summed E-state index contributed by atoms with van der Waals surface area (Å²) in [5, 5.41) is 64.6. The predicted octanol–water partition coefficient (Wildman–Crippen LogP) is 8.16. The summed E-state index contributed by atoms with van der Waals surface area (Å²) in [7, 11) is 0. The first-order chi connectivity index (χ1) is 26.7. The molecule has 1 heterocycles. The molecule has 0 aliphatic carbocycles. The van der Waals surface area contributed by atoms with Gasteiger partial charge in [-0.15, -0.1) is 0 Å². The number of rotatable bonds is 37. The molecule has 9 atom stereocenters. The van der Waals surface area contributed by atoms with Crippen LogP contribution in [0.4, 0.5) is 0 Å². The lowest BCUT2D eigenvalue weighted by Gasteiger charge is -2.40. The molecule has 55 heavy (non-hydrogen) atoms. The number of carbonyl (C=O) groups excluding carboxylic acids is 1. The summed E-state index contributed by atoms with van der Waals surface area (Å²) in [4.78, 5) is 13.0. The standard InChI is InChI=1S/C45H87NO9/c1-4-6-7-8-9-10-11-12-13-14-15-16-17-18-19-24-27-30-33-39(49)44(53)46-37(35-54-45-43(52)42(51)41(50)40(34-47)55-45)38(48)32-29-26-23-21-20-22-25-28-31-36(3)5-2/h29,32,36-43,45,47-52H,4-28,30-31,33-35H2,1-3H3,(H,46,53)/b32-29+/t36-,37+,38-,39-,40-,41-,42+,43-,45-/m1/s1. The first kappa shape index (κ1) is 51.9. The van der Waals surface area contributed by atoms with Crippen LogP contribution in [-0.2, 0) is 14.3 Å². The van der Waals surface area contributed by atoms with Gasteiger partial charge in [-0.05, 0) is 25.2 Å². The number of amides is 1. The highest BCUT2D eigenvalue weighted by Crippen LogP contribution is 2.23. The number of nitrogens with one attached hydrogen (secondary N) is 1. The molecule has 326 valence electrons. The van der Waals surface area contributed by atoms with E-state index in [1.165, 1.54) is 128 Å². The van der Waals surface area contributed by atoms with Crippen molar-refractivity contribution in [2.45, 2.75) is 250 Å². The molecule has 0 aromatic heterocycles. The van der Waals surface area contributed by atoms with Gasteiger partial charge in [0.2, 0.25) is 5.91 Å². The second kappa shape index (κ2) is 34.9. The van der Waals surface area contributed by atoms with Crippen LogP contribution in [0.5, 0.6) is 0 Å². The number of ether oxygens (including phenoxy) is 2. The first-order valence-corrected chi connectivity index (χ1v) is 22.9. The molecule has 1 aliphatic rings. The van der Waals surface area contributed by atoms with Gasteiger partial charge in [0, 0.05) is 0 Å². The number of hydrogen-bond acceptors (Lipinski definition) is 9. The van der Waals surface area contributed by atoms with Crippen molar-refractivity contribution in [2.24, 2.45) is 5.92 Å². The van der Waals surface area contributed by atoms with Crippen LogP contribution in [0.1, 0.15) is 201 Å². The van der Waals surface area contributed by atoms with Crippen LogP contribution in [0.3, 0.4) is 0 Å². The van der Waals surface area contributed by atoms with E-state index in [2.05, 4.69) is 26.1 Å². The van der Waals surface area contributed by atoms with E-state index in [9.17, 15) is 35.4 Å². The number of aliphatic hydroxyl groups excluding tert-OH is 6. The van der Waals surface area contributed by atoms with Crippen LogP contribution in [0.15, 0.2) is 12.2 Å². The van der Waals surface area contributed by atoms with Gasteiger partial charge >= 0.3 is 0 Å². The molecular formula is C45H87NO9. The highest BCUT2D eigenvalue weighted by molar-refractivity contribution is 5.80. The molecule has 0 bridgehead atoms. The third kappa shape index (κ3) is 25.8. The Hall–Kier alpha value is -1.11. The summed E-state index contributed by atoms with van der Waals surface area (Å²) >= 11 is 0. The SMILES string of the molecule is CCCCCCCCCCCCCCCCCCCC[C@@H](O)C(=O)N[C@@H](CO[C@@H]1O[C@H](CO)[C@@H](O)[C@H](O)[C@H]1O)[C@H](O)/C=C/CCCCCCCC[C@H](C)CC. The van der Waals surface area contributed by atoms with E-state index in [1.807, 2.05) is 6.08 Å². The maximum Gasteiger partial charge on any atom is 0.249 e. The van der Waals surface area contributed by atoms with Crippen molar-refractivity contribution in [1.29, 1.82) is 0 Å². The highest BCUT2D eigenvalue weighted by atomic mass is 16.7. The van der Waals surface area contributed by atoms with Crippen LogP contribution in [-0.4, -0.2) is 98.7 Å². The molecule has 1 aliphatic heterocycles. The van der Waals surface area contributed by atoms with Crippen molar-refractivity contribution in [3.8, 4) is 0 Å². The van der Waals surface area contributed by atoms with Gasteiger partial charge in [0.15, 0.2) is 6.29 Å². The molecule has 1 fully saturated rings. The molecule has 0 saturated carbocycles. The van der Waals surface area contributed by atoms with E-state index in [0.29, 0.717) is 6.42 Å². The Balaban J connectivity index is 2.39. The quantitative estimate of drug-likeness (QED) is 0.0243. The van der Waals surface area contributed by atoms with Gasteiger partial charge in [-0.2, -0.15) is 0 Å². The zero-order valence-corrected chi connectivity index (χ0v) is 35.5. The Morgan fingerprint density at radius 1 is 0.673 bits per heavy atom. The van der Waals surface area contributed by atoms with Gasteiger partial charge in [-0.25, -0.2) is 0 Å².